The number of carboxylic acid groups (broad SMARTS) is 1. The van der Waals surface area contributed by atoms with Gasteiger partial charge in [0, 0.05) is 19.1 Å². The van der Waals surface area contributed by atoms with Gasteiger partial charge in [0.2, 0.25) is 0 Å². The van der Waals surface area contributed by atoms with Crippen molar-refractivity contribution in [2.24, 2.45) is 11.3 Å². The Bertz CT molecular complexity index is 432. The molecule has 2 amide bonds. The van der Waals surface area contributed by atoms with E-state index in [1.54, 1.807) is 4.90 Å². The van der Waals surface area contributed by atoms with E-state index in [0.717, 1.165) is 12.8 Å². The molecule has 0 aromatic carbocycles. The molecule has 2 saturated carbocycles. The molecule has 3 fully saturated rings. The molecule has 3 aliphatic rings. The van der Waals surface area contributed by atoms with E-state index in [1.807, 2.05) is 0 Å². The lowest BCUT2D eigenvalue weighted by Crippen LogP contribution is -2.54. The van der Waals surface area contributed by atoms with Crippen LogP contribution >= 0.6 is 0 Å². The zero-order valence-electron chi connectivity index (χ0n) is 13.4. The van der Waals surface area contributed by atoms with Crippen molar-refractivity contribution in [3.63, 3.8) is 0 Å². The molecule has 124 valence electrons. The quantitative estimate of drug-likeness (QED) is 0.824. The van der Waals surface area contributed by atoms with Crippen molar-refractivity contribution in [1.82, 2.24) is 10.2 Å². The van der Waals surface area contributed by atoms with E-state index in [4.69, 9.17) is 5.11 Å². The van der Waals surface area contributed by atoms with Crippen LogP contribution in [-0.2, 0) is 4.79 Å². The molecular formula is C17H28N2O3. The first kappa shape index (κ1) is 15.6. The normalized spacial score (nSPS) is 31.2. The van der Waals surface area contributed by atoms with E-state index in [1.165, 1.54) is 44.9 Å². The number of piperidine rings is 1. The number of nitrogens with zero attached hydrogens (tertiary/aromatic N) is 1. The Labute approximate surface area is 132 Å². The molecule has 2 aliphatic carbocycles. The van der Waals surface area contributed by atoms with E-state index in [9.17, 15) is 9.59 Å². The number of hydrogen-bond donors (Lipinski definition) is 2. The highest BCUT2D eigenvalue weighted by molar-refractivity contribution is 5.77. The standard InChI is InChI=1S/C17H28N2O3/c20-15(21)13-6-5-11-19(12-13)16(22)18-14-7-1-2-8-17(14)9-3-4-10-17/h13-14H,1-12H2,(H,18,22)(H,20,21). The Morgan fingerprint density at radius 2 is 1.68 bits per heavy atom. The van der Waals surface area contributed by atoms with Crippen molar-refractivity contribution in [2.45, 2.75) is 70.3 Å². The summed E-state index contributed by atoms with van der Waals surface area (Å²) in [6.45, 7) is 1.05. The van der Waals surface area contributed by atoms with E-state index < -0.39 is 11.9 Å². The smallest absolute Gasteiger partial charge is 0.317 e. The fraction of sp³-hybridized carbons (Fsp3) is 0.882. The van der Waals surface area contributed by atoms with Gasteiger partial charge in [-0.05, 0) is 43.9 Å². The van der Waals surface area contributed by atoms with Gasteiger partial charge in [-0.2, -0.15) is 0 Å². The molecule has 5 heteroatoms. The number of carbonyl (C=O) groups excluding carboxylic acids is 1. The summed E-state index contributed by atoms with van der Waals surface area (Å²) in [5.74, 6) is -1.17. The van der Waals surface area contributed by atoms with Crippen LogP contribution in [-0.4, -0.2) is 41.1 Å². The van der Waals surface area contributed by atoms with Crippen LogP contribution in [0.5, 0.6) is 0 Å². The molecule has 0 aromatic rings. The third-order valence-corrected chi connectivity index (χ3v) is 6.11. The van der Waals surface area contributed by atoms with Crippen LogP contribution in [0.25, 0.3) is 0 Å². The summed E-state index contributed by atoms with van der Waals surface area (Å²) in [6, 6.07) is 0.255. The van der Waals surface area contributed by atoms with Crippen molar-refractivity contribution in [3.8, 4) is 0 Å². The summed E-state index contributed by atoms with van der Waals surface area (Å²) in [5, 5.41) is 12.4. The Balaban J connectivity index is 1.61. The van der Waals surface area contributed by atoms with Crippen molar-refractivity contribution >= 4 is 12.0 Å². The number of likely N-dealkylation sites (tertiary alicyclic amines) is 1. The van der Waals surface area contributed by atoms with Crippen LogP contribution in [0.2, 0.25) is 0 Å². The third-order valence-electron chi connectivity index (χ3n) is 6.11. The first-order chi connectivity index (χ1) is 10.6. The van der Waals surface area contributed by atoms with Crippen LogP contribution in [0, 0.1) is 11.3 Å². The Hall–Kier alpha value is -1.26. The fourth-order valence-corrected chi connectivity index (χ4v) is 4.81. The number of amides is 2. The molecule has 0 radical (unpaired) electrons. The second kappa shape index (κ2) is 6.47. The zero-order chi connectivity index (χ0) is 15.6. The maximum absolute atomic E-state index is 12.6. The van der Waals surface area contributed by atoms with Gasteiger partial charge in [0.15, 0.2) is 0 Å². The highest BCUT2D eigenvalue weighted by atomic mass is 16.4. The summed E-state index contributed by atoms with van der Waals surface area (Å²) in [5.41, 5.74) is 0.329. The molecule has 1 aliphatic heterocycles. The lowest BCUT2D eigenvalue weighted by atomic mass is 9.69. The molecule has 0 bridgehead atoms. The SMILES string of the molecule is O=C(O)C1CCCN(C(=O)NC2CCCCC23CCCC3)C1. The molecule has 2 atom stereocenters. The minimum absolute atomic E-state index is 0.0378. The van der Waals surface area contributed by atoms with Gasteiger partial charge >= 0.3 is 12.0 Å². The van der Waals surface area contributed by atoms with Crippen LogP contribution in [0.3, 0.4) is 0 Å². The summed E-state index contributed by atoms with van der Waals surface area (Å²) < 4.78 is 0. The van der Waals surface area contributed by atoms with Gasteiger partial charge in [-0.25, -0.2) is 4.79 Å². The van der Waals surface area contributed by atoms with E-state index >= 15 is 0 Å². The second-order valence-corrected chi connectivity index (χ2v) is 7.44. The molecule has 1 heterocycles. The third kappa shape index (κ3) is 3.08. The lowest BCUT2D eigenvalue weighted by Gasteiger charge is -2.43. The molecular weight excluding hydrogens is 280 g/mol. The van der Waals surface area contributed by atoms with Crippen LogP contribution in [0.1, 0.15) is 64.2 Å². The van der Waals surface area contributed by atoms with E-state index in [0.29, 0.717) is 31.0 Å². The lowest BCUT2D eigenvalue weighted by molar-refractivity contribution is -0.143. The number of carbonyl (C=O) groups is 2. The van der Waals surface area contributed by atoms with Gasteiger partial charge in [0.05, 0.1) is 5.92 Å². The predicted molar refractivity (Wildman–Crippen MR) is 83.6 cm³/mol. The van der Waals surface area contributed by atoms with Gasteiger partial charge in [0.1, 0.15) is 0 Å². The molecule has 0 aromatic heterocycles. The van der Waals surface area contributed by atoms with Gasteiger partial charge < -0.3 is 15.3 Å². The molecule has 1 spiro atoms. The molecule has 1 saturated heterocycles. The number of rotatable bonds is 2. The highest BCUT2D eigenvalue weighted by Crippen LogP contribution is 2.49. The number of urea groups is 1. The molecule has 2 N–H and O–H groups in total. The van der Waals surface area contributed by atoms with Crippen LogP contribution < -0.4 is 5.32 Å². The average molecular weight is 308 g/mol. The van der Waals surface area contributed by atoms with Crippen molar-refractivity contribution in [2.75, 3.05) is 13.1 Å². The zero-order valence-corrected chi connectivity index (χ0v) is 13.4. The summed E-state index contributed by atoms with van der Waals surface area (Å²) in [4.78, 5) is 25.5. The monoisotopic (exact) mass is 308 g/mol. The van der Waals surface area contributed by atoms with E-state index in [2.05, 4.69) is 5.32 Å². The minimum Gasteiger partial charge on any atom is -0.481 e. The number of nitrogens with one attached hydrogen (secondary N) is 1. The summed E-state index contributed by atoms with van der Waals surface area (Å²) in [7, 11) is 0. The summed E-state index contributed by atoms with van der Waals surface area (Å²) in [6.07, 6.45) is 11.4. The van der Waals surface area contributed by atoms with Crippen LogP contribution in [0.15, 0.2) is 0 Å². The maximum atomic E-state index is 12.6. The van der Waals surface area contributed by atoms with Crippen molar-refractivity contribution < 1.29 is 14.7 Å². The second-order valence-electron chi connectivity index (χ2n) is 7.44. The largest absolute Gasteiger partial charge is 0.481 e. The van der Waals surface area contributed by atoms with Crippen molar-refractivity contribution in [1.29, 1.82) is 0 Å². The average Bonchev–Trinajstić information content (AvgIpc) is 2.99. The number of carboxylic acids is 1. The topological polar surface area (TPSA) is 69.6 Å². The Morgan fingerprint density at radius 1 is 1.00 bits per heavy atom. The van der Waals surface area contributed by atoms with Crippen LogP contribution in [0.4, 0.5) is 4.79 Å². The molecule has 22 heavy (non-hydrogen) atoms. The van der Waals surface area contributed by atoms with Gasteiger partial charge in [0.25, 0.3) is 0 Å². The maximum Gasteiger partial charge on any atom is 0.317 e. The van der Waals surface area contributed by atoms with Gasteiger partial charge in [-0.3, -0.25) is 4.79 Å². The molecule has 2 unspecified atom stereocenters. The van der Waals surface area contributed by atoms with E-state index in [-0.39, 0.29) is 6.03 Å². The summed E-state index contributed by atoms with van der Waals surface area (Å²) >= 11 is 0. The Kier molecular flexibility index (Phi) is 4.59. The van der Waals surface area contributed by atoms with Gasteiger partial charge in [-0.15, -0.1) is 0 Å². The molecule has 3 rings (SSSR count). The highest BCUT2D eigenvalue weighted by Gasteiger charge is 2.43. The van der Waals surface area contributed by atoms with Gasteiger partial charge in [-0.1, -0.05) is 25.7 Å². The molecule has 5 nitrogen and oxygen atoms in total. The first-order valence-electron chi connectivity index (χ1n) is 8.89. The first-order valence-corrected chi connectivity index (χ1v) is 8.89. The van der Waals surface area contributed by atoms with Crippen molar-refractivity contribution in [3.05, 3.63) is 0 Å². The Morgan fingerprint density at radius 3 is 2.36 bits per heavy atom. The number of aliphatic carboxylic acids is 1. The minimum atomic E-state index is -0.776. The fourth-order valence-electron chi connectivity index (χ4n) is 4.81. The number of hydrogen-bond acceptors (Lipinski definition) is 2. The predicted octanol–water partition coefficient (Wildman–Crippen LogP) is 3.00.